The van der Waals surface area contributed by atoms with Crippen molar-refractivity contribution in [2.75, 3.05) is 13.1 Å². The van der Waals surface area contributed by atoms with Crippen LogP contribution in [-0.2, 0) is 6.54 Å². The lowest BCUT2D eigenvalue weighted by Gasteiger charge is -2.29. The van der Waals surface area contributed by atoms with Gasteiger partial charge in [-0.2, -0.15) is 11.3 Å². The van der Waals surface area contributed by atoms with Crippen LogP contribution in [0.1, 0.15) is 45.7 Å². The summed E-state index contributed by atoms with van der Waals surface area (Å²) in [5.41, 5.74) is 7.34. The van der Waals surface area contributed by atoms with Crippen molar-refractivity contribution in [3.05, 3.63) is 52.0 Å². The van der Waals surface area contributed by atoms with Gasteiger partial charge in [-0.25, -0.2) is 0 Å². The van der Waals surface area contributed by atoms with Crippen LogP contribution in [0.4, 0.5) is 0 Å². The molecule has 1 saturated heterocycles. The van der Waals surface area contributed by atoms with Gasteiger partial charge in [-0.15, -0.1) is 12.4 Å². The zero-order chi connectivity index (χ0) is 18.1. The normalized spacial score (nSPS) is 19.9. The first-order valence-corrected chi connectivity index (χ1v) is 9.82. The minimum Gasteiger partial charge on any atom is -0.366 e. The van der Waals surface area contributed by atoms with Crippen LogP contribution in [0.15, 0.2) is 35.2 Å². The molecule has 1 spiro atoms. The summed E-state index contributed by atoms with van der Waals surface area (Å²) >= 11 is 1.64. The van der Waals surface area contributed by atoms with E-state index in [2.05, 4.69) is 21.7 Å². The molecular weight excluding hydrogens is 384 g/mol. The number of nitrogens with two attached hydrogens (primary N) is 1. The second-order valence-electron chi connectivity index (χ2n) is 7.19. The van der Waals surface area contributed by atoms with E-state index in [1.165, 1.54) is 6.20 Å². The van der Waals surface area contributed by atoms with Crippen LogP contribution in [0.3, 0.4) is 0 Å². The highest BCUT2D eigenvalue weighted by atomic mass is 35.5. The second kappa shape index (κ2) is 7.96. The van der Waals surface area contributed by atoms with Crippen molar-refractivity contribution in [3.63, 3.8) is 0 Å². The number of nitrogens with one attached hydrogen (secondary N) is 1. The lowest BCUT2D eigenvalue weighted by Crippen LogP contribution is -2.39. The molecule has 1 saturated carbocycles. The van der Waals surface area contributed by atoms with Crippen molar-refractivity contribution in [1.29, 1.82) is 0 Å². The van der Waals surface area contributed by atoms with E-state index >= 15 is 0 Å². The number of carbonyl (C=O) groups excluding carboxylic acids is 2. The predicted molar refractivity (Wildman–Crippen MR) is 107 cm³/mol. The summed E-state index contributed by atoms with van der Waals surface area (Å²) in [5.74, 6) is -0.616. The summed E-state index contributed by atoms with van der Waals surface area (Å²) in [4.78, 5) is 30.6. The van der Waals surface area contributed by atoms with Gasteiger partial charge in [0.2, 0.25) is 5.91 Å². The number of carbonyl (C=O) groups is 2. The smallest absolute Gasteiger partial charge is 0.273 e. The Morgan fingerprint density at radius 2 is 2.07 bits per heavy atom. The molecule has 3 N–H and O–H groups in total. The molecule has 2 aromatic rings. The fourth-order valence-corrected chi connectivity index (χ4v) is 4.60. The van der Waals surface area contributed by atoms with Crippen molar-refractivity contribution < 1.29 is 9.59 Å². The van der Waals surface area contributed by atoms with Gasteiger partial charge in [0, 0.05) is 18.8 Å². The van der Waals surface area contributed by atoms with Crippen molar-refractivity contribution in [2.24, 2.45) is 11.1 Å². The van der Waals surface area contributed by atoms with Crippen molar-refractivity contribution in [2.45, 2.75) is 31.8 Å². The lowest BCUT2D eigenvalue weighted by molar-refractivity contribution is 0.0686. The minimum atomic E-state index is -0.539. The van der Waals surface area contributed by atoms with Crippen LogP contribution in [0.2, 0.25) is 0 Å². The molecule has 2 amide bonds. The zero-order valence-corrected chi connectivity index (χ0v) is 16.5. The lowest BCUT2D eigenvalue weighted by atomic mass is 9.93. The Balaban J connectivity index is 0.00000210. The SMILES string of the molecule is Cl.NC(=O)c1ccc(C(=O)N(Cc2ccsc2)C2CC23CCNCC3)nc1. The number of hydrogen-bond donors (Lipinski definition) is 2. The fraction of sp³-hybridized carbons (Fsp3) is 0.421. The number of nitrogens with zero attached hydrogens (tertiary/aromatic N) is 2. The summed E-state index contributed by atoms with van der Waals surface area (Å²) in [6.45, 7) is 2.63. The van der Waals surface area contributed by atoms with Crippen LogP contribution >= 0.6 is 23.7 Å². The summed E-state index contributed by atoms with van der Waals surface area (Å²) < 4.78 is 0. The van der Waals surface area contributed by atoms with Crippen LogP contribution in [-0.4, -0.2) is 40.8 Å². The summed E-state index contributed by atoms with van der Waals surface area (Å²) in [6, 6.07) is 5.49. The molecule has 1 atom stereocenters. The van der Waals surface area contributed by atoms with E-state index < -0.39 is 5.91 Å². The Kier molecular flexibility index (Phi) is 5.83. The van der Waals surface area contributed by atoms with Crippen LogP contribution in [0.25, 0.3) is 0 Å². The number of hydrogen-bond acceptors (Lipinski definition) is 5. The fourth-order valence-electron chi connectivity index (χ4n) is 3.95. The third kappa shape index (κ3) is 4.00. The first-order valence-electron chi connectivity index (χ1n) is 8.88. The molecule has 2 fully saturated rings. The second-order valence-corrected chi connectivity index (χ2v) is 7.97. The van der Waals surface area contributed by atoms with E-state index in [4.69, 9.17) is 5.73 Å². The highest BCUT2D eigenvalue weighted by Gasteiger charge is 2.57. The van der Waals surface area contributed by atoms with Gasteiger partial charge < -0.3 is 16.0 Å². The van der Waals surface area contributed by atoms with Crippen LogP contribution in [0, 0.1) is 5.41 Å². The molecule has 0 bridgehead atoms. The number of rotatable bonds is 5. The average Bonchev–Trinajstić information content (AvgIpc) is 3.08. The van der Waals surface area contributed by atoms with Gasteiger partial charge >= 0.3 is 0 Å². The molecule has 3 heterocycles. The maximum atomic E-state index is 13.2. The predicted octanol–water partition coefficient (Wildman–Crippen LogP) is 2.45. The van der Waals surface area contributed by atoms with E-state index in [1.807, 2.05) is 10.3 Å². The Morgan fingerprint density at radius 1 is 1.30 bits per heavy atom. The number of amides is 2. The molecule has 2 aromatic heterocycles. The van der Waals surface area contributed by atoms with E-state index in [-0.39, 0.29) is 29.8 Å². The van der Waals surface area contributed by atoms with Crippen LogP contribution in [0.5, 0.6) is 0 Å². The number of pyridine rings is 1. The molecule has 6 nitrogen and oxygen atoms in total. The third-order valence-corrected chi connectivity index (χ3v) is 6.32. The Labute approximate surface area is 168 Å². The van der Waals surface area contributed by atoms with Crippen molar-refractivity contribution in [3.8, 4) is 0 Å². The summed E-state index contributed by atoms with van der Waals surface area (Å²) in [6.07, 6.45) is 4.66. The quantitative estimate of drug-likeness (QED) is 0.798. The zero-order valence-electron chi connectivity index (χ0n) is 14.9. The largest absolute Gasteiger partial charge is 0.366 e. The summed E-state index contributed by atoms with van der Waals surface area (Å²) in [5, 5.41) is 7.52. The maximum Gasteiger partial charge on any atom is 0.273 e. The molecule has 1 aliphatic heterocycles. The number of primary amides is 1. The molecule has 1 aliphatic carbocycles. The summed E-state index contributed by atoms with van der Waals surface area (Å²) in [7, 11) is 0. The molecule has 0 aromatic carbocycles. The molecule has 1 unspecified atom stereocenters. The van der Waals surface area contributed by atoms with Gasteiger partial charge in [-0.1, -0.05) is 0 Å². The topological polar surface area (TPSA) is 88.3 Å². The van der Waals surface area contributed by atoms with Crippen molar-refractivity contribution in [1.82, 2.24) is 15.2 Å². The molecule has 27 heavy (non-hydrogen) atoms. The Bertz CT molecular complexity index is 804. The maximum absolute atomic E-state index is 13.2. The average molecular weight is 407 g/mol. The highest BCUT2D eigenvalue weighted by molar-refractivity contribution is 7.07. The first-order chi connectivity index (χ1) is 12.6. The molecule has 144 valence electrons. The molecule has 0 radical (unpaired) electrons. The van der Waals surface area contributed by atoms with Gasteiger partial charge in [0.15, 0.2) is 0 Å². The monoisotopic (exact) mass is 406 g/mol. The van der Waals surface area contributed by atoms with Crippen LogP contribution < -0.4 is 11.1 Å². The molecular formula is C19H23ClN4O2S. The molecule has 2 aliphatic rings. The minimum absolute atomic E-state index is 0. The number of aromatic nitrogens is 1. The van der Waals surface area contributed by atoms with Crippen molar-refractivity contribution >= 4 is 35.6 Å². The third-order valence-electron chi connectivity index (χ3n) is 5.58. The Morgan fingerprint density at radius 3 is 2.67 bits per heavy atom. The van der Waals surface area contributed by atoms with Gasteiger partial charge in [0.05, 0.1) is 5.56 Å². The van der Waals surface area contributed by atoms with E-state index in [0.717, 1.165) is 37.9 Å². The highest BCUT2D eigenvalue weighted by Crippen LogP contribution is 2.56. The molecule has 8 heteroatoms. The van der Waals surface area contributed by atoms with E-state index in [9.17, 15) is 9.59 Å². The number of halogens is 1. The first kappa shape index (κ1) is 19.8. The van der Waals surface area contributed by atoms with E-state index in [1.54, 1.807) is 23.5 Å². The van der Waals surface area contributed by atoms with Gasteiger partial charge in [-0.3, -0.25) is 14.6 Å². The standard InChI is InChI=1S/C19H22N4O2S.ClH/c20-17(24)14-1-2-15(22-10-14)18(25)23(11-13-3-8-26-12-13)16-9-19(16)4-6-21-7-5-19;/h1-3,8,10,12,16,21H,4-7,9,11H2,(H2,20,24);1H. The molecule has 4 rings (SSSR count). The van der Waals surface area contributed by atoms with Gasteiger partial charge in [0.25, 0.3) is 5.91 Å². The Hall–Kier alpha value is -1.96. The number of piperidine rings is 1. The van der Waals surface area contributed by atoms with E-state index in [0.29, 0.717) is 17.8 Å². The van der Waals surface area contributed by atoms with Gasteiger partial charge in [0.1, 0.15) is 5.69 Å². The number of thiophene rings is 1. The van der Waals surface area contributed by atoms with Gasteiger partial charge in [-0.05, 0) is 72.3 Å².